The SMILES string of the molecule is C[C@@H](OC(=O)Cc1nn(C)c(=O)c2ccccc12)C(=O)Nc1cc(F)ccc1F. The van der Waals surface area contributed by atoms with E-state index in [4.69, 9.17) is 4.74 Å². The third kappa shape index (κ3) is 4.45. The van der Waals surface area contributed by atoms with Crippen LogP contribution in [0.2, 0.25) is 0 Å². The van der Waals surface area contributed by atoms with Crippen molar-refractivity contribution in [3.63, 3.8) is 0 Å². The van der Waals surface area contributed by atoms with Crippen LogP contribution in [0.25, 0.3) is 10.8 Å². The fourth-order valence-electron chi connectivity index (χ4n) is 2.76. The second kappa shape index (κ2) is 8.17. The van der Waals surface area contributed by atoms with Gasteiger partial charge in [-0.3, -0.25) is 14.4 Å². The molecule has 0 radical (unpaired) electrons. The van der Waals surface area contributed by atoms with E-state index in [0.717, 1.165) is 22.9 Å². The Morgan fingerprint density at radius 1 is 1.17 bits per heavy atom. The lowest BCUT2D eigenvalue weighted by Gasteiger charge is -2.14. The van der Waals surface area contributed by atoms with Crippen LogP contribution in [-0.4, -0.2) is 27.8 Å². The van der Waals surface area contributed by atoms with Crippen molar-refractivity contribution in [1.82, 2.24) is 9.78 Å². The van der Waals surface area contributed by atoms with Crippen molar-refractivity contribution >= 4 is 28.3 Å². The lowest BCUT2D eigenvalue weighted by Crippen LogP contribution is -2.31. The van der Waals surface area contributed by atoms with Gasteiger partial charge in [-0.15, -0.1) is 0 Å². The summed E-state index contributed by atoms with van der Waals surface area (Å²) in [5.74, 6) is -3.12. The van der Waals surface area contributed by atoms with Crippen LogP contribution >= 0.6 is 0 Å². The third-order valence-electron chi connectivity index (χ3n) is 4.21. The number of carbonyl (C=O) groups is 2. The number of hydrogen-bond acceptors (Lipinski definition) is 5. The van der Waals surface area contributed by atoms with Crippen molar-refractivity contribution in [1.29, 1.82) is 0 Å². The number of rotatable bonds is 5. The summed E-state index contributed by atoms with van der Waals surface area (Å²) in [6.07, 6.45) is -1.54. The highest BCUT2D eigenvalue weighted by atomic mass is 19.1. The van der Waals surface area contributed by atoms with Gasteiger partial charge in [0.15, 0.2) is 6.10 Å². The minimum atomic E-state index is -1.26. The molecule has 0 aliphatic carbocycles. The smallest absolute Gasteiger partial charge is 0.312 e. The van der Waals surface area contributed by atoms with Gasteiger partial charge < -0.3 is 10.1 Å². The van der Waals surface area contributed by atoms with Crippen LogP contribution in [0.1, 0.15) is 12.6 Å². The molecule has 2 aromatic carbocycles. The predicted octanol–water partition coefficient (Wildman–Crippen LogP) is 2.32. The summed E-state index contributed by atoms with van der Waals surface area (Å²) >= 11 is 0. The van der Waals surface area contributed by atoms with Crippen LogP contribution in [0.15, 0.2) is 47.3 Å². The van der Waals surface area contributed by atoms with Crippen LogP contribution in [0, 0.1) is 11.6 Å². The van der Waals surface area contributed by atoms with Crippen molar-refractivity contribution < 1.29 is 23.1 Å². The quantitative estimate of drug-likeness (QED) is 0.663. The highest BCUT2D eigenvalue weighted by molar-refractivity contribution is 5.95. The summed E-state index contributed by atoms with van der Waals surface area (Å²) in [7, 11) is 1.47. The number of benzene rings is 2. The number of anilines is 1. The molecule has 0 unspecified atom stereocenters. The Labute approximate surface area is 163 Å². The Hall–Kier alpha value is -3.62. The van der Waals surface area contributed by atoms with Gasteiger partial charge in [0.1, 0.15) is 11.6 Å². The Morgan fingerprint density at radius 3 is 2.59 bits per heavy atom. The number of hydrogen-bond donors (Lipinski definition) is 1. The maximum atomic E-state index is 13.6. The topological polar surface area (TPSA) is 90.3 Å². The third-order valence-corrected chi connectivity index (χ3v) is 4.21. The zero-order valence-corrected chi connectivity index (χ0v) is 15.6. The van der Waals surface area contributed by atoms with Crippen molar-refractivity contribution in [3.05, 3.63) is 70.1 Å². The Kier molecular flexibility index (Phi) is 5.67. The second-order valence-corrected chi connectivity index (χ2v) is 6.34. The van der Waals surface area contributed by atoms with E-state index < -0.39 is 29.6 Å². The van der Waals surface area contributed by atoms with Gasteiger partial charge in [-0.05, 0) is 25.1 Å². The molecule has 0 saturated heterocycles. The number of esters is 1. The molecule has 0 fully saturated rings. The molecule has 3 aromatic rings. The molecule has 1 amide bonds. The Morgan fingerprint density at radius 2 is 1.86 bits per heavy atom. The molecule has 0 bridgehead atoms. The van der Waals surface area contributed by atoms with E-state index in [1.165, 1.54) is 14.0 Å². The van der Waals surface area contributed by atoms with Crippen molar-refractivity contribution in [2.24, 2.45) is 7.05 Å². The maximum Gasteiger partial charge on any atom is 0.312 e. The van der Waals surface area contributed by atoms with E-state index in [2.05, 4.69) is 10.4 Å². The molecule has 1 heterocycles. The molecule has 0 aliphatic heterocycles. The zero-order chi connectivity index (χ0) is 21.1. The Balaban J connectivity index is 1.71. The number of aryl methyl sites for hydroxylation is 1. The van der Waals surface area contributed by atoms with E-state index in [-0.39, 0.29) is 17.7 Å². The monoisotopic (exact) mass is 401 g/mol. The van der Waals surface area contributed by atoms with Crippen molar-refractivity contribution in [2.75, 3.05) is 5.32 Å². The van der Waals surface area contributed by atoms with E-state index in [9.17, 15) is 23.2 Å². The Bertz CT molecular complexity index is 1160. The van der Waals surface area contributed by atoms with Gasteiger partial charge in [-0.2, -0.15) is 5.10 Å². The number of nitrogens with one attached hydrogen (secondary N) is 1. The number of fused-ring (bicyclic) bond motifs is 1. The lowest BCUT2D eigenvalue weighted by atomic mass is 10.1. The van der Waals surface area contributed by atoms with Gasteiger partial charge in [0, 0.05) is 18.5 Å². The number of amides is 1. The molecule has 1 aromatic heterocycles. The maximum absolute atomic E-state index is 13.6. The van der Waals surface area contributed by atoms with Crippen LogP contribution in [0.5, 0.6) is 0 Å². The first kappa shape index (κ1) is 20.1. The van der Waals surface area contributed by atoms with Gasteiger partial charge in [-0.1, -0.05) is 18.2 Å². The average Bonchev–Trinajstić information content (AvgIpc) is 2.68. The lowest BCUT2D eigenvalue weighted by molar-refractivity contribution is -0.152. The summed E-state index contributed by atoms with van der Waals surface area (Å²) in [6, 6.07) is 9.30. The molecule has 0 saturated carbocycles. The summed E-state index contributed by atoms with van der Waals surface area (Å²) in [5, 5.41) is 7.18. The highest BCUT2D eigenvalue weighted by Crippen LogP contribution is 2.17. The normalized spacial score (nSPS) is 11.9. The highest BCUT2D eigenvalue weighted by Gasteiger charge is 2.21. The van der Waals surface area contributed by atoms with E-state index >= 15 is 0 Å². The summed E-state index contributed by atoms with van der Waals surface area (Å²) in [6.45, 7) is 1.30. The standard InChI is InChI=1S/C20H17F2N3O4/c1-11(19(27)23-17-9-12(21)7-8-15(17)22)29-18(26)10-16-13-5-3-4-6-14(13)20(28)25(2)24-16/h3-9,11H,10H2,1-2H3,(H,23,27)/t11-/m1/s1. The summed E-state index contributed by atoms with van der Waals surface area (Å²) in [5.41, 5.74) is -0.345. The van der Waals surface area contributed by atoms with Gasteiger partial charge in [0.2, 0.25) is 0 Å². The molecule has 3 rings (SSSR count). The fraction of sp³-hybridized carbons (Fsp3) is 0.200. The van der Waals surface area contributed by atoms with Crippen LogP contribution in [0.4, 0.5) is 14.5 Å². The summed E-state index contributed by atoms with van der Waals surface area (Å²) < 4.78 is 33.0. The van der Waals surface area contributed by atoms with E-state index in [1.54, 1.807) is 24.3 Å². The van der Waals surface area contributed by atoms with Crippen molar-refractivity contribution in [3.8, 4) is 0 Å². The largest absolute Gasteiger partial charge is 0.452 e. The van der Waals surface area contributed by atoms with Crippen LogP contribution in [-0.2, 0) is 27.8 Å². The van der Waals surface area contributed by atoms with Gasteiger partial charge >= 0.3 is 5.97 Å². The molecule has 1 atom stereocenters. The minimum absolute atomic E-state index is 0.277. The first-order chi connectivity index (χ1) is 13.8. The average molecular weight is 401 g/mol. The minimum Gasteiger partial charge on any atom is -0.452 e. The second-order valence-electron chi connectivity index (χ2n) is 6.34. The molecule has 9 heteroatoms. The van der Waals surface area contributed by atoms with E-state index in [1.807, 2.05) is 0 Å². The molecule has 7 nitrogen and oxygen atoms in total. The molecule has 1 N–H and O–H groups in total. The van der Waals surface area contributed by atoms with Gasteiger partial charge in [-0.25, -0.2) is 13.5 Å². The number of carbonyl (C=O) groups excluding carboxylic acids is 2. The van der Waals surface area contributed by atoms with E-state index in [0.29, 0.717) is 16.5 Å². The number of ether oxygens (including phenoxy) is 1. The van der Waals surface area contributed by atoms with Crippen LogP contribution < -0.4 is 10.9 Å². The molecule has 150 valence electrons. The first-order valence-electron chi connectivity index (χ1n) is 8.66. The predicted molar refractivity (Wildman–Crippen MR) is 101 cm³/mol. The molecule has 0 spiro atoms. The molecule has 0 aliphatic rings. The van der Waals surface area contributed by atoms with Gasteiger partial charge in [0.25, 0.3) is 11.5 Å². The zero-order valence-electron chi connectivity index (χ0n) is 15.6. The van der Waals surface area contributed by atoms with Crippen LogP contribution in [0.3, 0.4) is 0 Å². The van der Waals surface area contributed by atoms with Gasteiger partial charge in [0.05, 0.1) is 23.2 Å². The molecule has 29 heavy (non-hydrogen) atoms. The number of aromatic nitrogens is 2. The number of nitrogens with zero attached hydrogens (tertiary/aromatic N) is 2. The summed E-state index contributed by atoms with van der Waals surface area (Å²) in [4.78, 5) is 36.5. The fourth-order valence-corrected chi connectivity index (χ4v) is 2.76. The van der Waals surface area contributed by atoms with Crippen molar-refractivity contribution in [2.45, 2.75) is 19.4 Å². The number of halogens is 2. The first-order valence-corrected chi connectivity index (χ1v) is 8.66. The molecular weight excluding hydrogens is 384 g/mol. The molecular formula is C20H17F2N3O4.